The van der Waals surface area contributed by atoms with Crippen molar-refractivity contribution in [3.63, 3.8) is 0 Å². The van der Waals surface area contributed by atoms with Crippen molar-refractivity contribution in [1.82, 2.24) is 0 Å². The van der Waals surface area contributed by atoms with Crippen LogP contribution in [0.1, 0.15) is 28.9 Å². The number of carboxylic acids is 1. The quantitative estimate of drug-likeness (QED) is 0.872. The number of ether oxygens (including phenoxy) is 1. The van der Waals surface area contributed by atoms with Crippen LogP contribution in [0.5, 0.6) is 5.75 Å². The van der Waals surface area contributed by atoms with Gasteiger partial charge in [0.2, 0.25) is 0 Å². The van der Waals surface area contributed by atoms with Crippen LogP contribution in [0.2, 0.25) is 0 Å². The number of hydrogen-bond donors (Lipinski definition) is 2. The molecular formula is C16H17NO3. The van der Waals surface area contributed by atoms with Crippen LogP contribution in [0.3, 0.4) is 0 Å². The van der Waals surface area contributed by atoms with Gasteiger partial charge in [-0.3, -0.25) is 0 Å². The highest BCUT2D eigenvalue weighted by molar-refractivity contribution is 5.89. The number of nitrogens with one attached hydrogen (secondary N) is 1. The van der Waals surface area contributed by atoms with Gasteiger partial charge in [-0.05, 0) is 30.7 Å². The second kappa shape index (κ2) is 6.10. The molecule has 2 aromatic rings. The Labute approximate surface area is 118 Å². The third kappa shape index (κ3) is 3.09. The largest absolute Gasteiger partial charge is 0.495 e. The zero-order valence-corrected chi connectivity index (χ0v) is 11.5. The Hall–Kier alpha value is -2.49. The number of anilines is 1. The first-order valence-corrected chi connectivity index (χ1v) is 6.34. The number of rotatable bonds is 5. The van der Waals surface area contributed by atoms with Crippen molar-refractivity contribution >= 4 is 11.7 Å². The van der Waals surface area contributed by atoms with Gasteiger partial charge in [0, 0.05) is 6.04 Å². The molecule has 2 aromatic carbocycles. The SMILES string of the molecule is COc1ccc(C(=O)O)cc1NC(C)c1ccccc1. The van der Waals surface area contributed by atoms with Gasteiger partial charge in [0.15, 0.2) is 0 Å². The summed E-state index contributed by atoms with van der Waals surface area (Å²) in [6, 6.07) is 14.8. The summed E-state index contributed by atoms with van der Waals surface area (Å²) in [6.07, 6.45) is 0. The molecule has 0 aliphatic rings. The lowest BCUT2D eigenvalue weighted by atomic mass is 10.1. The zero-order valence-electron chi connectivity index (χ0n) is 11.5. The van der Waals surface area contributed by atoms with Crippen LogP contribution in [0.25, 0.3) is 0 Å². The molecule has 20 heavy (non-hydrogen) atoms. The van der Waals surface area contributed by atoms with E-state index in [2.05, 4.69) is 5.32 Å². The summed E-state index contributed by atoms with van der Waals surface area (Å²) < 4.78 is 5.26. The average molecular weight is 271 g/mol. The Kier molecular flexibility index (Phi) is 4.25. The van der Waals surface area contributed by atoms with E-state index < -0.39 is 5.97 Å². The van der Waals surface area contributed by atoms with Gasteiger partial charge >= 0.3 is 5.97 Å². The van der Waals surface area contributed by atoms with Crippen LogP contribution in [0, 0.1) is 0 Å². The lowest BCUT2D eigenvalue weighted by molar-refractivity contribution is 0.0697. The van der Waals surface area contributed by atoms with E-state index in [1.165, 1.54) is 6.07 Å². The van der Waals surface area contributed by atoms with Gasteiger partial charge in [0.25, 0.3) is 0 Å². The molecule has 0 amide bonds. The van der Waals surface area contributed by atoms with Gasteiger partial charge in [0.05, 0.1) is 18.4 Å². The highest BCUT2D eigenvalue weighted by Crippen LogP contribution is 2.29. The summed E-state index contributed by atoms with van der Waals surface area (Å²) in [5, 5.41) is 12.3. The van der Waals surface area contributed by atoms with Gasteiger partial charge in [-0.1, -0.05) is 30.3 Å². The third-order valence-corrected chi connectivity index (χ3v) is 3.12. The van der Waals surface area contributed by atoms with E-state index in [1.807, 2.05) is 37.3 Å². The maximum atomic E-state index is 11.0. The number of carboxylic acid groups (broad SMARTS) is 1. The van der Waals surface area contributed by atoms with E-state index in [9.17, 15) is 4.79 Å². The van der Waals surface area contributed by atoms with Crippen molar-refractivity contribution in [3.05, 3.63) is 59.7 Å². The topological polar surface area (TPSA) is 58.6 Å². The summed E-state index contributed by atoms with van der Waals surface area (Å²) in [4.78, 5) is 11.0. The molecule has 4 nitrogen and oxygen atoms in total. The lowest BCUT2D eigenvalue weighted by Crippen LogP contribution is -2.08. The molecule has 1 unspecified atom stereocenters. The zero-order chi connectivity index (χ0) is 14.5. The molecule has 104 valence electrons. The molecule has 0 bridgehead atoms. The summed E-state index contributed by atoms with van der Waals surface area (Å²) in [5.41, 5.74) is 2.02. The Balaban J connectivity index is 2.27. The molecule has 2 rings (SSSR count). The fourth-order valence-electron chi connectivity index (χ4n) is 2.01. The molecule has 4 heteroatoms. The van der Waals surface area contributed by atoms with Crippen LogP contribution < -0.4 is 10.1 Å². The molecule has 0 aromatic heterocycles. The van der Waals surface area contributed by atoms with Crippen molar-refractivity contribution in [2.75, 3.05) is 12.4 Å². The number of carbonyl (C=O) groups is 1. The minimum Gasteiger partial charge on any atom is -0.495 e. The molecule has 0 saturated carbocycles. The molecular weight excluding hydrogens is 254 g/mol. The Morgan fingerprint density at radius 1 is 1.20 bits per heavy atom. The molecule has 0 aliphatic heterocycles. The van der Waals surface area contributed by atoms with E-state index in [0.717, 1.165) is 5.56 Å². The standard InChI is InChI=1S/C16H17NO3/c1-11(12-6-4-3-5-7-12)17-14-10-13(16(18)19)8-9-15(14)20-2/h3-11,17H,1-2H3,(H,18,19). The van der Waals surface area contributed by atoms with Crippen molar-refractivity contribution in [2.24, 2.45) is 0 Å². The van der Waals surface area contributed by atoms with Gasteiger partial charge < -0.3 is 15.2 Å². The number of hydrogen-bond acceptors (Lipinski definition) is 3. The molecule has 0 heterocycles. The summed E-state index contributed by atoms with van der Waals surface area (Å²) in [6.45, 7) is 2.02. The van der Waals surface area contributed by atoms with Crippen LogP contribution in [0.15, 0.2) is 48.5 Å². The van der Waals surface area contributed by atoms with E-state index >= 15 is 0 Å². The third-order valence-electron chi connectivity index (χ3n) is 3.12. The smallest absolute Gasteiger partial charge is 0.335 e. The van der Waals surface area contributed by atoms with Crippen LogP contribution >= 0.6 is 0 Å². The van der Waals surface area contributed by atoms with Gasteiger partial charge in [-0.2, -0.15) is 0 Å². The van der Waals surface area contributed by atoms with E-state index in [4.69, 9.17) is 9.84 Å². The average Bonchev–Trinajstić information content (AvgIpc) is 2.48. The van der Waals surface area contributed by atoms with E-state index in [-0.39, 0.29) is 11.6 Å². The first-order valence-electron chi connectivity index (χ1n) is 6.34. The summed E-state index contributed by atoms with van der Waals surface area (Å²) >= 11 is 0. The minimum atomic E-state index is -0.955. The molecule has 0 fully saturated rings. The number of benzene rings is 2. The normalized spacial score (nSPS) is 11.7. The Bertz CT molecular complexity index is 596. The van der Waals surface area contributed by atoms with E-state index in [1.54, 1.807) is 19.2 Å². The predicted octanol–water partition coefficient (Wildman–Crippen LogP) is 3.57. The van der Waals surface area contributed by atoms with E-state index in [0.29, 0.717) is 11.4 Å². The van der Waals surface area contributed by atoms with Gasteiger partial charge in [-0.15, -0.1) is 0 Å². The molecule has 1 atom stereocenters. The van der Waals surface area contributed by atoms with Crippen molar-refractivity contribution < 1.29 is 14.6 Å². The summed E-state index contributed by atoms with van der Waals surface area (Å²) in [7, 11) is 1.56. The molecule has 0 aliphatic carbocycles. The maximum absolute atomic E-state index is 11.0. The second-order valence-electron chi connectivity index (χ2n) is 4.50. The Morgan fingerprint density at radius 3 is 2.50 bits per heavy atom. The first-order chi connectivity index (χ1) is 9.61. The monoisotopic (exact) mass is 271 g/mol. The fourth-order valence-corrected chi connectivity index (χ4v) is 2.01. The van der Waals surface area contributed by atoms with Gasteiger partial charge in [0.1, 0.15) is 5.75 Å². The summed E-state index contributed by atoms with van der Waals surface area (Å²) in [5.74, 6) is -0.333. The number of methoxy groups -OCH3 is 1. The highest BCUT2D eigenvalue weighted by Gasteiger charge is 2.12. The van der Waals surface area contributed by atoms with Crippen LogP contribution in [0.4, 0.5) is 5.69 Å². The Morgan fingerprint density at radius 2 is 1.90 bits per heavy atom. The highest BCUT2D eigenvalue weighted by atomic mass is 16.5. The first kappa shape index (κ1) is 13.9. The van der Waals surface area contributed by atoms with Crippen molar-refractivity contribution in [3.8, 4) is 5.75 Å². The minimum absolute atomic E-state index is 0.0501. The predicted molar refractivity (Wildman–Crippen MR) is 78.4 cm³/mol. The molecule has 0 saturated heterocycles. The van der Waals surface area contributed by atoms with Gasteiger partial charge in [-0.25, -0.2) is 4.79 Å². The molecule has 0 radical (unpaired) electrons. The fraction of sp³-hybridized carbons (Fsp3) is 0.188. The number of aromatic carboxylic acids is 1. The van der Waals surface area contributed by atoms with Crippen molar-refractivity contribution in [2.45, 2.75) is 13.0 Å². The second-order valence-corrected chi connectivity index (χ2v) is 4.50. The molecule has 0 spiro atoms. The lowest BCUT2D eigenvalue weighted by Gasteiger charge is -2.18. The van der Waals surface area contributed by atoms with Crippen LogP contribution in [-0.4, -0.2) is 18.2 Å². The van der Waals surface area contributed by atoms with Crippen LogP contribution in [-0.2, 0) is 0 Å². The maximum Gasteiger partial charge on any atom is 0.335 e. The van der Waals surface area contributed by atoms with Crippen molar-refractivity contribution in [1.29, 1.82) is 0 Å². The molecule has 2 N–H and O–H groups in total.